The van der Waals surface area contributed by atoms with Gasteiger partial charge in [0.15, 0.2) is 5.69 Å². The van der Waals surface area contributed by atoms with Crippen LogP contribution in [0.2, 0.25) is 0 Å². The van der Waals surface area contributed by atoms with Gasteiger partial charge in [0.05, 0.1) is 24.7 Å². The molecule has 0 unspecified atom stereocenters. The number of carboxylic acids is 1. The number of rotatable bonds is 7. The predicted octanol–water partition coefficient (Wildman–Crippen LogP) is 3.72. The first-order valence-corrected chi connectivity index (χ1v) is 9.74. The minimum Gasteiger partial charge on any atom is -0.497 e. The van der Waals surface area contributed by atoms with Gasteiger partial charge in [-0.3, -0.25) is 9.48 Å². The van der Waals surface area contributed by atoms with E-state index in [1.165, 1.54) is 12.1 Å². The Balaban J connectivity index is 1.55. The molecule has 31 heavy (non-hydrogen) atoms. The van der Waals surface area contributed by atoms with Crippen molar-refractivity contribution in [2.75, 3.05) is 7.11 Å². The molecule has 2 N–H and O–H groups in total. The third kappa shape index (κ3) is 4.40. The molecule has 0 atom stereocenters. The van der Waals surface area contributed by atoms with E-state index in [-0.39, 0.29) is 18.0 Å². The Bertz CT molecular complexity index is 1250. The molecular formula is C24H21N3O4. The molecule has 0 spiro atoms. The summed E-state index contributed by atoms with van der Waals surface area (Å²) in [6.45, 7) is 0.775. The number of nitrogens with one attached hydrogen (secondary N) is 1. The number of carbonyl (C=O) groups is 2. The maximum Gasteiger partial charge on any atom is 0.335 e. The topological polar surface area (TPSA) is 93.5 Å². The molecule has 0 fully saturated rings. The van der Waals surface area contributed by atoms with Gasteiger partial charge < -0.3 is 15.2 Å². The van der Waals surface area contributed by atoms with Gasteiger partial charge in [-0.1, -0.05) is 42.5 Å². The number of nitrogens with zero attached hydrogens (tertiary/aromatic N) is 2. The zero-order valence-electron chi connectivity index (χ0n) is 16.9. The van der Waals surface area contributed by atoms with Crippen molar-refractivity contribution in [2.45, 2.75) is 13.1 Å². The zero-order valence-corrected chi connectivity index (χ0v) is 16.9. The smallest absolute Gasteiger partial charge is 0.335 e. The number of methoxy groups -OCH3 is 1. The Hall–Kier alpha value is -4.13. The van der Waals surface area contributed by atoms with Crippen molar-refractivity contribution in [1.29, 1.82) is 0 Å². The van der Waals surface area contributed by atoms with Crippen molar-refractivity contribution in [3.63, 3.8) is 0 Å². The highest BCUT2D eigenvalue weighted by atomic mass is 16.5. The number of hydrogen-bond acceptors (Lipinski definition) is 4. The molecule has 3 aromatic carbocycles. The Kier molecular flexibility index (Phi) is 5.66. The van der Waals surface area contributed by atoms with Gasteiger partial charge in [0.25, 0.3) is 5.91 Å². The van der Waals surface area contributed by atoms with Crippen molar-refractivity contribution in [3.05, 3.63) is 95.2 Å². The number of aromatic nitrogens is 2. The molecule has 0 radical (unpaired) electrons. The molecule has 4 aromatic rings. The van der Waals surface area contributed by atoms with Gasteiger partial charge in [-0.2, -0.15) is 5.10 Å². The van der Waals surface area contributed by atoms with E-state index in [1.54, 1.807) is 23.9 Å². The highest BCUT2D eigenvalue weighted by molar-refractivity contribution is 6.04. The van der Waals surface area contributed by atoms with Gasteiger partial charge >= 0.3 is 5.97 Å². The summed E-state index contributed by atoms with van der Waals surface area (Å²) in [7, 11) is 1.63. The number of aromatic carboxylic acids is 1. The molecule has 0 aliphatic carbocycles. The van der Waals surface area contributed by atoms with Crippen LogP contribution >= 0.6 is 0 Å². The first-order chi connectivity index (χ1) is 15.0. The summed E-state index contributed by atoms with van der Waals surface area (Å²) in [5, 5.41) is 17.2. The largest absolute Gasteiger partial charge is 0.497 e. The fraction of sp³-hybridized carbons (Fsp3) is 0.125. The minimum atomic E-state index is -0.983. The average Bonchev–Trinajstić information content (AvgIpc) is 3.16. The lowest BCUT2D eigenvalue weighted by Crippen LogP contribution is -2.23. The maximum atomic E-state index is 12.9. The van der Waals surface area contributed by atoms with E-state index in [1.807, 2.05) is 48.5 Å². The SMILES string of the molecule is COc1cccc(Cn2nc(C(=O)NCc3ccc(C(=O)O)cc3)c3ccccc32)c1. The van der Waals surface area contributed by atoms with Crippen LogP contribution in [0.15, 0.2) is 72.8 Å². The normalized spacial score (nSPS) is 10.7. The number of amides is 1. The molecule has 0 aliphatic heterocycles. The molecule has 1 amide bonds. The highest BCUT2D eigenvalue weighted by Crippen LogP contribution is 2.21. The molecule has 156 valence electrons. The highest BCUT2D eigenvalue weighted by Gasteiger charge is 2.17. The molecule has 0 saturated carbocycles. The predicted molar refractivity (Wildman–Crippen MR) is 116 cm³/mol. The number of carboxylic acid groups (broad SMARTS) is 1. The second-order valence-corrected chi connectivity index (χ2v) is 7.06. The molecule has 1 heterocycles. The standard InChI is InChI=1S/C24H21N3O4/c1-31-19-6-4-5-17(13-19)15-27-21-8-3-2-7-20(21)22(26-27)23(28)25-14-16-9-11-18(12-10-16)24(29)30/h2-13H,14-15H2,1H3,(H,25,28)(H,29,30). The van der Waals surface area contributed by atoms with Crippen LogP contribution in [0.5, 0.6) is 5.75 Å². The van der Waals surface area contributed by atoms with E-state index >= 15 is 0 Å². The lowest BCUT2D eigenvalue weighted by atomic mass is 10.1. The second kappa shape index (κ2) is 8.71. The lowest BCUT2D eigenvalue weighted by Gasteiger charge is -2.06. The van der Waals surface area contributed by atoms with Crippen molar-refractivity contribution < 1.29 is 19.4 Å². The van der Waals surface area contributed by atoms with Crippen LogP contribution in [-0.4, -0.2) is 33.9 Å². The van der Waals surface area contributed by atoms with Crippen molar-refractivity contribution >= 4 is 22.8 Å². The summed E-state index contributed by atoms with van der Waals surface area (Å²) < 4.78 is 7.10. The molecule has 4 rings (SSSR count). The Labute approximate surface area is 178 Å². The Morgan fingerprint density at radius 2 is 1.77 bits per heavy atom. The van der Waals surface area contributed by atoms with Crippen LogP contribution < -0.4 is 10.1 Å². The number of ether oxygens (including phenoxy) is 1. The number of hydrogen-bond donors (Lipinski definition) is 2. The summed E-state index contributed by atoms with van der Waals surface area (Å²) in [5.74, 6) is -0.507. The number of para-hydroxylation sites is 1. The zero-order chi connectivity index (χ0) is 21.8. The van der Waals surface area contributed by atoms with Crippen molar-refractivity contribution in [3.8, 4) is 5.75 Å². The lowest BCUT2D eigenvalue weighted by molar-refractivity contribution is 0.0696. The van der Waals surface area contributed by atoms with Gasteiger partial charge in [-0.15, -0.1) is 0 Å². The number of fused-ring (bicyclic) bond motifs is 1. The van der Waals surface area contributed by atoms with E-state index in [0.717, 1.165) is 27.8 Å². The fourth-order valence-corrected chi connectivity index (χ4v) is 3.39. The van der Waals surface area contributed by atoms with Gasteiger partial charge in [-0.05, 0) is 41.5 Å². The fourth-order valence-electron chi connectivity index (χ4n) is 3.39. The van der Waals surface area contributed by atoms with Crippen LogP contribution in [-0.2, 0) is 13.1 Å². The monoisotopic (exact) mass is 415 g/mol. The van der Waals surface area contributed by atoms with Crippen LogP contribution in [0.3, 0.4) is 0 Å². The minimum absolute atomic E-state index is 0.206. The van der Waals surface area contributed by atoms with E-state index in [0.29, 0.717) is 12.2 Å². The summed E-state index contributed by atoms with van der Waals surface area (Å²) in [6.07, 6.45) is 0. The van der Waals surface area contributed by atoms with E-state index < -0.39 is 5.97 Å². The maximum absolute atomic E-state index is 12.9. The van der Waals surface area contributed by atoms with Crippen LogP contribution in [0, 0.1) is 0 Å². The van der Waals surface area contributed by atoms with Gasteiger partial charge in [0.2, 0.25) is 0 Å². The molecule has 0 aliphatic rings. The second-order valence-electron chi connectivity index (χ2n) is 7.06. The molecule has 0 saturated heterocycles. The average molecular weight is 415 g/mol. The Morgan fingerprint density at radius 1 is 1.00 bits per heavy atom. The van der Waals surface area contributed by atoms with E-state index in [9.17, 15) is 9.59 Å². The number of benzene rings is 3. The van der Waals surface area contributed by atoms with Crippen molar-refractivity contribution in [2.24, 2.45) is 0 Å². The number of carbonyl (C=O) groups excluding carboxylic acids is 1. The first kappa shape index (κ1) is 20.2. The summed E-state index contributed by atoms with van der Waals surface area (Å²) in [6, 6.07) is 21.7. The molecule has 7 nitrogen and oxygen atoms in total. The molecule has 1 aromatic heterocycles. The van der Waals surface area contributed by atoms with Crippen molar-refractivity contribution in [1.82, 2.24) is 15.1 Å². The third-order valence-corrected chi connectivity index (χ3v) is 4.99. The van der Waals surface area contributed by atoms with Gasteiger partial charge in [-0.25, -0.2) is 4.79 Å². The summed E-state index contributed by atoms with van der Waals surface area (Å²) in [4.78, 5) is 23.8. The van der Waals surface area contributed by atoms with Crippen LogP contribution in [0.4, 0.5) is 0 Å². The summed E-state index contributed by atoms with van der Waals surface area (Å²) >= 11 is 0. The van der Waals surface area contributed by atoms with E-state index in [4.69, 9.17) is 9.84 Å². The Morgan fingerprint density at radius 3 is 2.52 bits per heavy atom. The van der Waals surface area contributed by atoms with Crippen LogP contribution in [0.1, 0.15) is 32.0 Å². The van der Waals surface area contributed by atoms with Gasteiger partial charge in [0.1, 0.15) is 5.75 Å². The first-order valence-electron chi connectivity index (χ1n) is 9.74. The van der Waals surface area contributed by atoms with Crippen LogP contribution in [0.25, 0.3) is 10.9 Å². The molecular weight excluding hydrogens is 394 g/mol. The summed E-state index contributed by atoms with van der Waals surface area (Å²) in [5.41, 5.74) is 3.23. The molecule has 0 bridgehead atoms. The molecule has 7 heteroatoms. The third-order valence-electron chi connectivity index (χ3n) is 4.99. The quantitative estimate of drug-likeness (QED) is 0.480. The van der Waals surface area contributed by atoms with E-state index in [2.05, 4.69) is 10.4 Å². The van der Waals surface area contributed by atoms with Gasteiger partial charge in [0, 0.05) is 11.9 Å².